The Balaban J connectivity index is 2.22. The van der Waals surface area contributed by atoms with Gasteiger partial charge in [0.05, 0.1) is 5.56 Å². The van der Waals surface area contributed by atoms with Crippen LogP contribution in [0, 0.1) is 13.8 Å². The SMILES string of the molecule is CCCN(Cc1cccc(N)c1)C(=O)c1cc(C)oc1C. The highest BCUT2D eigenvalue weighted by Gasteiger charge is 2.20. The average Bonchev–Trinajstić information content (AvgIpc) is 2.76. The number of nitrogen functional groups attached to an aromatic ring is 1. The van der Waals surface area contributed by atoms with Gasteiger partial charge in [0.1, 0.15) is 11.5 Å². The van der Waals surface area contributed by atoms with E-state index in [1.807, 2.05) is 43.0 Å². The monoisotopic (exact) mass is 286 g/mol. The molecule has 2 aromatic rings. The molecule has 0 radical (unpaired) electrons. The molecular weight excluding hydrogens is 264 g/mol. The molecule has 0 atom stereocenters. The quantitative estimate of drug-likeness (QED) is 0.855. The Kier molecular flexibility index (Phi) is 4.68. The molecule has 1 aromatic carbocycles. The number of amides is 1. The van der Waals surface area contributed by atoms with E-state index in [0.29, 0.717) is 30.1 Å². The molecule has 0 bridgehead atoms. The summed E-state index contributed by atoms with van der Waals surface area (Å²) in [7, 11) is 0. The number of carbonyl (C=O) groups excluding carboxylic acids is 1. The molecule has 2 N–H and O–H groups in total. The van der Waals surface area contributed by atoms with Crippen LogP contribution in [-0.2, 0) is 6.54 Å². The average molecular weight is 286 g/mol. The van der Waals surface area contributed by atoms with Crippen molar-refractivity contribution in [2.45, 2.75) is 33.7 Å². The van der Waals surface area contributed by atoms with Crippen LogP contribution < -0.4 is 5.73 Å². The highest BCUT2D eigenvalue weighted by Crippen LogP contribution is 2.18. The second-order valence-electron chi connectivity index (χ2n) is 5.30. The summed E-state index contributed by atoms with van der Waals surface area (Å²) in [5.74, 6) is 1.44. The van der Waals surface area contributed by atoms with Crippen molar-refractivity contribution in [2.24, 2.45) is 0 Å². The highest BCUT2D eigenvalue weighted by atomic mass is 16.3. The molecule has 0 fully saturated rings. The summed E-state index contributed by atoms with van der Waals surface area (Å²) < 4.78 is 5.47. The predicted octanol–water partition coefficient (Wildman–Crippen LogP) is 3.53. The van der Waals surface area contributed by atoms with Crippen molar-refractivity contribution < 1.29 is 9.21 Å². The molecule has 0 unspecified atom stereocenters. The number of furan rings is 1. The number of hydrogen-bond acceptors (Lipinski definition) is 3. The van der Waals surface area contributed by atoms with E-state index >= 15 is 0 Å². The minimum atomic E-state index is 0.00799. The third kappa shape index (κ3) is 3.66. The van der Waals surface area contributed by atoms with Gasteiger partial charge in [0, 0.05) is 18.8 Å². The van der Waals surface area contributed by atoms with Crippen LogP contribution in [0.2, 0.25) is 0 Å². The maximum Gasteiger partial charge on any atom is 0.257 e. The molecule has 4 heteroatoms. The van der Waals surface area contributed by atoms with Gasteiger partial charge in [-0.1, -0.05) is 19.1 Å². The first-order valence-electron chi connectivity index (χ1n) is 7.22. The van der Waals surface area contributed by atoms with Gasteiger partial charge in [-0.2, -0.15) is 0 Å². The summed E-state index contributed by atoms with van der Waals surface area (Å²) in [6, 6.07) is 9.45. The fourth-order valence-corrected chi connectivity index (χ4v) is 2.45. The van der Waals surface area contributed by atoms with Crippen LogP contribution in [0.4, 0.5) is 5.69 Å². The third-order valence-corrected chi connectivity index (χ3v) is 3.38. The van der Waals surface area contributed by atoms with Crippen molar-refractivity contribution in [2.75, 3.05) is 12.3 Å². The normalized spacial score (nSPS) is 10.6. The fourth-order valence-electron chi connectivity index (χ4n) is 2.45. The molecule has 2 rings (SSSR count). The van der Waals surface area contributed by atoms with E-state index in [9.17, 15) is 4.79 Å². The molecule has 0 spiro atoms. The summed E-state index contributed by atoms with van der Waals surface area (Å²) in [4.78, 5) is 14.5. The Morgan fingerprint density at radius 1 is 1.29 bits per heavy atom. The lowest BCUT2D eigenvalue weighted by atomic mass is 10.1. The van der Waals surface area contributed by atoms with Crippen molar-refractivity contribution >= 4 is 11.6 Å². The van der Waals surface area contributed by atoms with Crippen LogP contribution in [0.25, 0.3) is 0 Å². The summed E-state index contributed by atoms with van der Waals surface area (Å²) >= 11 is 0. The Morgan fingerprint density at radius 3 is 2.62 bits per heavy atom. The number of nitrogens with zero attached hydrogens (tertiary/aromatic N) is 1. The lowest BCUT2D eigenvalue weighted by Crippen LogP contribution is -2.31. The largest absolute Gasteiger partial charge is 0.466 e. The Morgan fingerprint density at radius 2 is 2.05 bits per heavy atom. The van der Waals surface area contributed by atoms with E-state index in [0.717, 1.165) is 17.7 Å². The smallest absolute Gasteiger partial charge is 0.257 e. The zero-order valence-corrected chi connectivity index (χ0v) is 12.8. The number of aryl methyl sites for hydroxylation is 2. The van der Waals surface area contributed by atoms with Crippen LogP contribution in [0.5, 0.6) is 0 Å². The molecule has 112 valence electrons. The molecule has 0 aliphatic rings. The minimum Gasteiger partial charge on any atom is -0.466 e. The van der Waals surface area contributed by atoms with Gasteiger partial charge >= 0.3 is 0 Å². The van der Waals surface area contributed by atoms with Crippen molar-refractivity contribution in [3.05, 3.63) is 53.0 Å². The molecule has 1 aromatic heterocycles. The van der Waals surface area contributed by atoms with Crippen LogP contribution in [0.3, 0.4) is 0 Å². The molecule has 4 nitrogen and oxygen atoms in total. The van der Waals surface area contributed by atoms with E-state index < -0.39 is 0 Å². The second-order valence-corrected chi connectivity index (χ2v) is 5.30. The van der Waals surface area contributed by atoms with Crippen LogP contribution >= 0.6 is 0 Å². The maximum atomic E-state index is 12.7. The van der Waals surface area contributed by atoms with Crippen molar-refractivity contribution in [1.29, 1.82) is 0 Å². The minimum absolute atomic E-state index is 0.00799. The lowest BCUT2D eigenvalue weighted by molar-refractivity contribution is 0.0741. The number of rotatable bonds is 5. The van der Waals surface area contributed by atoms with Gasteiger partial charge in [-0.25, -0.2) is 0 Å². The number of carbonyl (C=O) groups is 1. The summed E-state index contributed by atoms with van der Waals surface area (Å²) in [5.41, 5.74) is 8.20. The zero-order valence-electron chi connectivity index (χ0n) is 12.8. The number of benzene rings is 1. The van der Waals surface area contributed by atoms with Crippen LogP contribution in [0.15, 0.2) is 34.7 Å². The predicted molar refractivity (Wildman–Crippen MR) is 84.1 cm³/mol. The Labute approximate surface area is 125 Å². The lowest BCUT2D eigenvalue weighted by Gasteiger charge is -2.22. The Bertz CT molecular complexity index is 631. The first-order chi connectivity index (χ1) is 10.0. The summed E-state index contributed by atoms with van der Waals surface area (Å²) in [6.45, 7) is 7.00. The van der Waals surface area contributed by atoms with Crippen LogP contribution in [0.1, 0.15) is 40.8 Å². The molecule has 0 saturated carbocycles. The highest BCUT2D eigenvalue weighted by molar-refractivity contribution is 5.95. The molecular formula is C17H22N2O2. The van der Waals surface area contributed by atoms with E-state index in [2.05, 4.69) is 6.92 Å². The van der Waals surface area contributed by atoms with E-state index in [1.54, 1.807) is 6.07 Å². The topological polar surface area (TPSA) is 59.5 Å². The molecule has 0 aliphatic heterocycles. The standard InChI is InChI=1S/C17H22N2O2/c1-4-8-19(11-14-6-5-7-15(18)10-14)17(20)16-9-12(2)21-13(16)3/h5-7,9-10H,4,8,11,18H2,1-3H3. The van der Waals surface area contributed by atoms with Gasteiger partial charge in [-0.05, 0) is 44.0 Å². The molecule has 0 aliphatic carbocycles. The molecule has 21 heavy (non-hydrogen) atoms. The molecule has 0 saturated heterocycles. The van der Waals surface area contributed by atoms with Crippen molar-refractivity contribution in [1.82, 2.24) is 4.90 Å². The number of anilines is 1. The van der Waals surface area contributed by atoms with E-state index in [4.69, 9.17) is 10.2 Å². The Hall–Kier alpha value is -2.23. The van der Waals surface area contributed by atoms with Crippen molar-refractivity contribution in [3.8, 4) is 0 Å². The van der Waals surface area contributed by atoms with Crippen molar-refractivity contribution in [3.63, 3.8) is 0 Å². The van der Waals surface area contributed by atoms with E-state index in [1.165, 1.54) is 0 Å². The third-order valence-electron chi connectivity index (χ3n) is 3.38. The van der Waals surface area contributed by atoms with Gasteiger partial charge < -0.3 is 15.1 Å². The molecule has 1 amide bonds. The summed E-state index contributed by atoms with van der Waals surface area (Å²) in [5, 5.41) is 0. The van der Waals surface area contributed by atoms with Crippen LogP contribution in [-0.4, -0.2) is 17.4 Å². The number of hydrogen-bond donors (Lipinski definition) is 1. The first kappa shape index (κ1) is 15.2. The van der Waals surface area contributed by atoms with Gasteiger partial charge in [0.25, 0.3) is 5.91 Å². The molecule has 1 heterocycles. The van der Waals surface area contributed by atoms with Gasteiger partial charge in [-0.15, -0.1) is 0 Å². The number of nitrogens with two attached hydrogens (primary N) is 1. The second kappa shape index (κ2) is 6.48. The first-order valence-corrected chi connectivity index (χ1v) is 7.22. The maximum absolute atomic E-state index is 12.7. The van der Waals surface area contributed by atoms with Gasteiger partial charge in [0.15, 0.2) is 0 Å². The van der Waals surface area contributed by atoms with E-state index in [-0.39, 0.29) is 5.91 Å². The zero-order chi connectivity index (χ0) is 15.4. The fraction of sp³-hybridized carbons (Fsp3) is 0.353. The van der Waals surface area contributed by atoms with Gasteiger partial charge in [-0.3, -0.25) is 4.79 Å². The summed E-state index contributed by atoms with van der Waals surface area (Å²) in [6.07, 6.45) is 0.907. The van der Waals surface area contributed by atoms with Gasteiger partial charge in [0.2, 0.25) is 0 Å².